The van der Waals surface area contributed by atoms with Crippen LogP contribution in [0.4, 0.5) is 0 Å². The largest absolute Gasteiger partial charge is 0.340 e. The maximum absolute atomic E-state index is 13.2. The molecule has 1 aliphatic heterocycles. The molecule has 3 heterocycles. The monoisotopic (exact) mass is 421 g/mol. The lowest BCUT2D eigenvalue weighted by Crippen LogP contribution is -2.37. The first-order valence-electron chi connectivity index (χ1n) is 10.9. The van der Waals surface area contributed by atoms with E-state index in [9.17, 15) is 4.79 Å². The SMILES string of the molecule is Cc1nc([C@@H](N)C(C)C)n(CC(=O)N2CCc3c(-c4ccccc4)nn(C)c3CC2)n1. The van der Waals surface area contributed by atoms with Crippen molar-refractivity contribution >= 4 is 5.91 Å². The molecule has 1 aromatic carbocycles. The zero-order valence-corrected chi connectivity index (χ0v) is 18.7. The van der Waals surface area contributed by atoms with E-state index in [1.54, 1.807) is 4.68 Å². The Kier molecular flexibility index (Phi) is 5.91. The molecule has 0 saturated carbocycles. The lowest BCUT2D eigenvalue weighted by atomic mass is 10.0. The molecule has 3 aromatic rings. The predicted molar refractivity (Wildman–Crippen MR) is 119 cm³/mol. The predicted octanol–water partition coefficient (Wildman–Crippen LogP) is 2.27. The van der Waals surface area contributed by atoms with Gasteiger partial charge in [-0.1, -0.05) is 44.2 Å². The summed E-state index contributed by atoms with van der Waals surface area (Å²) < 4.78 is 3.64. The first-order chi connectivity index (χ1) is 14.8. The van der Waals surface area contributed by atoms with Gasteiger partial charge >= 0.3 is 0 Å². The standard InChI is InChI=1S/C23H31N7O/c1-15(2)21(24)23-25-16(3)26-30(23)14-20(31)29-12-10-18-19(11-13-29)28(4)27-22(18)17-8-6-5-7-9-17/h5-9,15,21H,10-14,24H2,1-4H3/t21-/m0/s1. The summed E-state index contributed by atoms with van der Waals surface area (Å²) in [6.45, 7) is 7.42. The third-order valence-electron chi connectivity index (χ3n) is 6.03. The van der Waals surface area contributed by atoms with Gasteiger partial charge in [0.2, 0.25) is 5.91 Å². The minimum atomic E-state index is -0.248. The number of benzene rings is 1. The summed E-state index contributed by atoms with van der Waals surface area (Å²) in [4.78, 5) is 19.6. The highest BCUT2D eigenvalue weighted by atomic mass is 16.2. The van der Waals surface area contributed by atoms with Crippen molar-refractivity contribution in [2.45, 2.75) is 46.2 Å². The summed E-state index contributed by atoms with van der Waals surface area (Å²) in [7, 11) is 1.99. The minimum Gasteiger partial charge on any atom is -0.340 e. The van der Waals surface area contributed by atoms with Crippen molar-refractivity contribution in [1.29, 1.82) is 0 Å². The molecule has 1 amide bonds. The lowest BCUT2D eigenvalue weighted by Gasteiger charge is -2.22. The molecule has 2 aromatic heterocycles. The number of aromatic nitrogens is 5. The van der Waals surface area contributed by atoms with E-state index in [-0.39, 0.29) is 24.4 Å². The second-order valence-electron chi connectivity index (χ2n) is 8.59. The molecule has 0 bridgehead atoms. The minimum absolute atomic E-state index is 0.0455. The average Bonchev–Trinajstić information content (AvgIpc) is 3.17. The molecule has 8 nitrogen and oxygen atoms in total. The third kappa shape index (κ3) is 4.25. The molecular formula is C23H31N7O. The van der Waals surface area contributed by atoms with Crippen LogP contribution in [0.5, 0.6) is 0 Å². The maximum atomic E-state index is 13.2. The number of carbonyl (C=O) groups excluding carboxylic acids is 1. The fourth-order valence-corrected chi connectivity index (χ4v) is 4.22. The van der Waals surface area contributed by atoms with E-state index in [0.717, 1.165) is 24.1 Å². The van der Waals surface area contributed by atoms with Gasteiger partial charge in [-0.2, -0.15) is 10.2 Å². The highest BCUT2D eigenvalue weighted by molar-refractivity contribution is 5.76. The number of fused-ring (bicyclic) bond motifs is 1. The topological polar surface area (TPSA) is 94.9 Å². The molecule has 31 heavy (non-hydrogen) atoms. The highest BCUT2D eigenvalue weighted by Crippen LogP contribution is 2.28. The van der Waals surface area contributed by atoms with Gasteiger partial charge in [0.15, 0.2) is 0 Å². The molecule has 0 radical (unpaired) electrons. The molecule has 0 fully saturated rings. The average molecular weight is 422 g/mol. The molecule has 8 heteroatoms. The van der Waals surface area contributed by atoms with E-state index in [4.69, 9.17) is 10.8 Å². The van der Waals surface area contributed by atoms with Gasteiger partial charge in [0.25, 0.3) is 0 Å². The second kappa shape index (κ2) is 8.63. The Morgan fingerprint density at radius 2 is 1.84 bits per heavy atom. The summed E-state index contributed by atoms with van der Waals surface area (Å²) >= 11 is 0. The molecule has 0 unspecified atom stereocenters. The van der Waals surface area contributed by atoms with Gasteiger partial charge in [-0.05, 0) is 19.3 Å². The molecule has 1 aliphatic rings. The molecular weight excluding hydrogens is 390 g/mol. The Labute approximate surface area is 183 Å². The van der Waals surface area contributed by atoms with E-state index >= 15 is 0 Å². The number of carbonyl (C=O) groups is 1. The van der Waals surface area contributed by atoms with Gasteiger partial charge in [0.05, 0.1) is 11.7 Å². The van der Waals surface area contributed by atoms with Gasteiger partial charge < -0.3 is 10.6 Å². The molecule has 4 rings (SSSR count). The van der Waals surface area contributed by atoms with Gasteiger partial charge in [0.1, 0.15) is 18.2 Å². The van der Waals surface area contributed by atoms with Crippen molar-refractivity contribution in [2.24, 2.45) is 18.7 Å². The van der Waals surface area contributed by atoms with Crippen molar-refractivity contribution in [3.8, 4) is 11.3 Å². The van der Waals surface area contributed by atoms with Crippen LogP contribution in [-0.4, -0.2) is 48.4 Å². The zero-order chi connectivity index (χ0) is 22.1. The van der Waals surface area contributed by atoms with Crippen LogP contribution >= 0.6 is 0 Å². The van der Waals surface area contributed by atoms with Gasteiger partial charge in [0, 0.05) is 43.4 Å². The Hall–Kier alpha value is -3.00. The fourth-order valence-electron chi connectivity index (χ4n) is 4.22. The van der Waals surface area contributed by atoms with E-state index in [0.29, 0.717) is 24.7 Å². The lowest BCUT2D eigenvalue weighted by molar-refractivity contribution is -0.132. The van der Waals surface area contributed by atoms with Crippen LogP contribution in [0.3, 0.4) is 0 Å². The normalized spacial score (nSPS) is 15.1. The number of nitrogens with two attached hydrogens (primary N) is 1. The van der Waals surface area contributed by atoms with Crippen LogP contribution in [0, 0.1) is 12.8 Å². The Bertz CT molecular complexity index is 1070. The molecule has 164 valence electrons. The fraction of sp³-hybridized carbons (Fsp3) is 0.478. The van der Waals surface area contributed by atoms with E-state index in [2.05, 4.69) is 22.2 Å². The van der Waals surface area contributed by atoms with Crippen molar-refractivity contribution in [3.63, 3.8) is 0 Å². The molecule has 2 N–H and O–H groups in total. The van der Waals surface area contributed by atoms with Crippen LogP contribution in [0.1, 0.15) is 42.8 Å². The smallest absolute Gasteiger partial charge is 0.244 e. The van der Waals surface area contributed by atoms with Crippen LogP contribution in [0.2, 0.25) is 0 Å². The molecule has 0 saturated heterocycles. The number of aryl methyl sites for hydroxylation is 2. The van der Waals surface area contributed by atoms with E-state index in [1.807, 2.05) is 55.6 Å². The summed E-state index contributed by atoms with van der Waals surface area (Å²) in [6, 6.07) is 10.00. The number of rotatable bonds is 5. The van der Waals surface area contributed by atoms with E-state index in [1.165, 1.54) is 11.3 Å². The number of amides is 1. The summed E-state index contributed by atoms with van der Waals surface area (Å²) in [5.41, 5.74) is 10.9. The number of nitrogens with zero attached hydrogens (tertiary/aromatic N) is 6. The van der Waals surface area contributed by atoms with Crippen molar-refractivity contribution in [3.05, 3.63) is 53.2 Å². The maximum Gasteiger partial charge on any atom is 0.244 e. The van der Waals surface area contributed by atoms with Crippen molar-refractivity contribution < 1.29 is 4.79 Å². The van der Waals surface area contributed by atoms with Gasteiger partial charge in [-0.25, -0.2) is 9.67 Å². The second-order valence-corrected chi connectivity index (χ2v) is 8.59. The first kappa shape index (κ1) is 21.2. The zero-order valence-electron chi connectivity index (χ0n) is 18.7. The van der Waals surface area contributed by atoms with Crippen molar-refractivity contribution in [1.82, 2.24) is 29.4 Å². The molecule has 0 aliphatic carbocycles. The summed E-state index contributed by atoms with van der Waals surface area (Å²) in [6.07, 6.45) is 1.57. The van der Waals surface area contributed by atoms with Crippen molar-refractivity contribution in [2.75, 3.05) is 13.1 Å². The van der Waals surface area contributed by atoms with Crippen LogP contribution in [-0.2, 0) is 31.2 Å². The van der Waals surface area contributed by atoms with Gasteiger partial charge in [-0.3, -0.25) is 9.48 Å². The highest BCUT2D eigenvalue weighted by Gasteiger charge is 2.26. The van der Waals surface area contributed by atoms with Gasteiger partial charge in [-0.15, -0.1) is 0 Å². The first-order valence-corrected chi connectivity index (χ1v) is 10.9. The Morgan fingerprint density at radius 3 is 2.55 bits per heavy atom. The Balaban J connectivity index is 1.51. The van der Waals surface area contributed by atoms with Crippen LogP contribution < -0.4 is 5.73 Å². The summed E-state index contributed by atoms with van der Waals surface area (Å²) in [5.74, 6) is 1.58. The quantitative estimate of drug-likeness (QED) is 0.682. The number of hydrogen-bond acceptors (Lipinski definition) is 5. The van der Waals surface area contributed by atoms with E-state index < -0.39 is 0 Å². The van der Waals surface area contributed by atoms with Crippen LogP contribution in [0.15, 0.2) is 30.3 Å². The molecule has 1 atom stereocenters. The summed E-state index contributed by atoms with van der Waals surface area (Å²) in [5, 5.41) is 9.20. The number of hydrogen-bond donors (Lipinski definition) is 1. The Morgan fingerprint density at radius 1 is 1.13 bits per heavy atom. The third-order valence-corrected chi connectivity index (χ3v) is 6.03. The molecule has 0 spiro atoms. The van der Waals surface area contributed by atoms with Crippen LogP contribution in [0.25, 0.3) is 11.3 Å².